The number of hydrogen-bond donors (Lipinski definition) is 1. The zero-order valence-electron chi connectivity index (χ0n) is 12.0. The van der Waals surface area contributed by atoms with E-state index in [0.717, 1.165) is 18.5 Å². The fourth-order valence-corrected chi connectivity index (χ4v) is 2.93. The zero-order valence-corrected chi connectivity index (χ0v) is 12.0. The number of nitrogens with one attached hydrogen (secondary N) is 1. The summed E-state index contributed by atoms with van der Waals surface area (Å²) in [5, 5.41) is 7.12. The highest BCUT2D eigenvalue weighted by molar-refractivity contribution is 5.92. The standard InChI is InChI=1S/C15H20N4O2/c20-14(11-3-4-11)18-5-7-19(8-6-18)15(21)13-9-12(16-17-13)10-1-2-10/h9-11H,1-8H2,(H,16,17). The fraction of sp³-hybridized carbons (Fsp3) is 0.667. The normalized spacial score (nSPS) is 22.5. The van der Waals surface area contributed by atoms with Gasteiger partial charge in [0.2, 0.25) is 5.91 Å². The first-order chi connectivity index (χ1) is 10.2. The van der Waals surface area contributed by atoms with Crippen LogP contribution in [0.25, 0.3) is 0 Å². The molecule has 112 valence electrons. The summed E-state index contributed by atoms with van der Waals surface area (Å²) in [5.41, 5.74) is 1.60. The Morgan fingerprint density at radius 3 is 2.33 bits per heavy atom. The van der Waals surface area contributed by atoms with Crippen LogP contribution in [0.15, 0.2) is 6.07 Å². The molecule has 2 heterocycles. The molecule has 6 heteroatoms. The Balaban J connectivity index is 1.36. The van der Waals surface area contributed by atoms with Gasteiger partial charge in [-0.25, -0.2) is 0 Å². The highest BCUT2D eigenvalue weighted by Crippen LogP contribution is 2.39. The highest BCUT2D eigenvalue weighted by Gasteiger charge is 2.35. The molecule has 0 atom stereocenters. The van der Waals surface area contributed by atoms with Gasteiger partial charge in [0.1, 0.15) is 5.69 Å². The molecule has 0 spiro atoms. The van der Waals surface area contributed by atoms with E-state index in [1.54, 1.807) is 0 Å². The van der Waals surface area contributed by atoms with Gasteiger partial charge in [-0.15, -0.1) is 0 Å². The van der Waals surface area contributed by atoms with Crippen molar-refractivity contribution in [3.05, 3.63) is 17.5 Å². The van der Waals surface area contributed by atoms with Crippen LogP contribution in [0.5, 0.6) is 0 Å². The van der Waals surface area contributed by atoms with E-state index in [1.165, 1.54) is 12.8 Å². The molecule has 1 aromatic rings. The Bertz CT molecular complexity index is 566. The molecule has 21 heavy (non-hydrogen) atoms. The maximum atomic E-state index is 12.4. The van der Waals surface area contributed by atoms with Crippen LogP contribution in [0.1, 0.15) is 47.8 Å². The van der Waals surface area contributed by atoms with Crippen molar-refractivity contribution in [3.63, 3.8) is 0 Å². The van der Waals surface area contributed by atoms with Crippen molar-refractivity contribution in [1.82, 2.24) is 20.0 Å². The van der Waals surface area contributed by atoms with Crippen LogP contribution in [-0.4, -0.2) is 58.0 Å². The molecule has 2 aliphatic carbocycles. The minimum absolute atomic E-state index is 0.0170. The first-order valence-electron chi connectivity index (χ1n) is 7.86. The topological polar surface area (TPSA) is 69.3 Å². The second-order valence-electron chi connectivity index (χ2n) is 6.37. The molecule has 0 bridgehead atoms. The molecular formula is C15H20N4O2. The molecule has 1 N–H and O–H groups in total. The van der Waals surface area contributed by atoms with E-state index in [2.05, 4.69) is 10.2 Å². The van der Waals surface area contributed by atoms with Gasteiger partial charge in [-0.3, -0.25) is 14.7 Å². The molecule has 6 nitrogen and oxygen atoms in total. The Labute approximate surface area is 123 Å². The maximum Gasteiger partial charge on any atom is 0.274 e. The second-order valence-corrected chi connectivity index (χ2v) is 6.37. The van der Waals surface area contributed by atoms with Crippen molar-refractivity contribution in [2.75, 3.05) is 26.2 Å². The third-order valence-corrected chi connectivity index (χ3v) is 4.64. The number of amides is 2. The summed E-state index contributed by atoms with van der Waals surface area (Å²) in [6.45, 7) is 2.54. The SMILES string of the molecule is O=C(c1cc(C2CC2)[nH]n1)N1CCN(C(=O)C2CC2)CC1. The smallest absolute Gasteiger partial charge is 0.274 e. The summed E-state index contributed by atoms with van der Waals surface area (Å²) < 4.78 is 0. The minimum Gasteiger partial charge on any atom is -0.339 e. The molecular weight excluding hydrogens is 268 g/mol. The largest absolute Gasteiger partial charge is 0.339 e. The van der Waals surface area contributed by atoms with E-state index in [-0.39, 0.29) is 17.7 Å². The molecule has 1 saturated heterocycles. The number of aromatic amines is 1. The van der Waals surface area contributed by atoms with Crippen molar-refractivity contribution in [1.29, 1.82) is 0 Å². The van der Waals surface area contributed by atoms with Crippen LogP contribution in [0.2, 0.25) is 0 Å². The van der Waals surface area contributed by atoms with Crippen LogP contribution in [0, 0.1) is 5.92 Å². The van der Waals surface area contributed by atoms with Crippen molar-refractivity contribution in [3.8, 4) is 0 Å². The summed E-state index contributed by atoms with van der Waals surface area (Å²) in [4.78, 5) is 28.1. The van der Waals surface area contributed by atoms with E-state index >= 15 is 0 Å². The van der Waals surface area contributed by atoms with Crippen LogP contribution < -0.4 is 0 Å². The van der Waals surface area contributed by atoms with E-state index in [4.69, 9.17) is 0 Å². The van der Waals surface area contributed by atoms with Gasteiger partial charge >= 0.3 is 0 Å². The van der Waals surface area contributed by atoms with E-state index in [0.29, 0.717) is 37.8 Å². The predicted octanol–water partition coefficient (Wildman–Crippen LogP) is 0.981. The monoisotopic (exact) mass is 288 g/mol. The zero-order chi connectivity index (χ0) is 14.4. The third-order valence-electron chi connectivity index (χ3n) is 4.64. The lowest BCUT2D eigenvalue weighted by molar-refractivity contribution is -0.134. The lowest BCUT2D eigenvalue weighted by atomic mass is 10.2. The molecule has 0 aromatic carbocycles. The molecule has 2 amide bonds. The molecule has 1 aromatic heterocycles. The van der Waals surface area contributed by atoms with Crippen molar-refractivity contribution in [2.24, 2.45) is 5.92 Å². The quantitative estimate of drug-likeness (QED) is 0.901. The minimum atomic E-state index is -0.0170. The number of aromatic nitrogens is 2. The molecule has 0 unspecified atom stereocenters. The Morgan fingerprint density at radius 1 is 1.05 bits per heavy atom. The summed E-state index contributed by atoms with van der Waals surface area (Å²) in [6, 6.07) is 1.89. The number of H-pyrrole nitrogens is 1. The average Bonchev–Trinajstić information content (AvgIpc) is 3.44. The van der Waals surface area contributed by atoms with Crippen molar-refractivity contribution < 1.29 is 9.59 Å². The Morgan fingerprint density at radius 2 is 1.71 bits per heavy atom. The van der Waals surface area contributed by atoms with Crippen LogP contribution >= 0.6 is 0 Å². The molecule has 2 saturated carbocycles. The molecule has 0 radical (unpaired) electrons. The van der Waals surface area contributed by atoms with E-state index in [1.807, 2.05) is 15.9 Å². The highest BCUT2D eigenvalue weighted by atomic mass is 16.2. The summed E-state index contributed by atoms with van der Waals surface area (Å²) in [6.07, 6.45) is 4.46. The number of carbonyl (C=O) groups is 2. The van der Waals surface area contributed by atoms with Crippen LogP contribution in [-0.2, 0) is 4.79 Å². The van der Waals surface area contributed by atoms with Gasteiger partial charge in [-0.2, -0.15) is 5.10 Å². The number of piperazine rings is 1. The van der Waals surface area contributed by atoms with E-state index in [9.17, 15) is 9.59 Å². The maximum absolute atomic E-state index is 12.4. The third kappa shape index (κ3) is 2.54. The molecule has 1 aliphatic heterocycles. The van der Waals surface area contributed by atoms with E-state index < -0.39 is 0 Å². The lowest BCUT2D eigenvalue weighted by Crippen LogP contribution is -2.51. The average molecular weight is 288 g/mol. The number of hydrogen-bond acceptors (Lipinski definition) is 3. The van der Waals surface area contributed by atoms with Crippen LogP contribution in [0.3, 0.4) is 0 Å². The van der Waals surface area contributed by atoms with Gasteiger partial charge in [0, 0.05) is 43.7 Å². The molecule has 3 aliphatic rings. The Kier molecular flexibility index (Phi) is 2.97. The van der Waals surface area contributed by atoms with Crippen molar-refractivity contribution >= 4 is 11.8 Å². The van der Waals surface area contributed by atoms with Gasteiger partial charge in [0.05, 0.1) is 0 Å². The molecule has 4 rings (SSSR count). The van der Waals surface area contributed by atoms with Gasteiger partial charge < -0.3 is 9.80 Å². The van der Waals surface area contributed by atoms with Gasteiger partial charge in [0.25, 0.3) is 5.91 Å². The second kappa shape index (κ2) is 4.86. The first kappa shape index (κ1) is 12.9. The first-order valence-corrected chi connectivity index (χ1v) is 7.86. The summed E-state index contributed by atoms with van der Waals surface area (Å²) in [5.74, 6) is 1.10. The summed E-state index contributed by atoms with van der Waals surface area (Å²) >= 11 is 0. The number of nitrogens with zero attached hydrogens (tertiary/aromatic N) is 3. The summed E-state index contributed by atoms with van der Waals surface area (Å²) in [7, 11) is 0. The van der Waals surface area contributed by atoms with Gasteiger partial charge in [0.15, 0.2) is 0 Å². The number of carbonyl (C=O) groups excluding carboxylic acids is 2. The van der Waals surface area contributed by atoms with Gasteiger partial charge in [-0.1, -0.05) is 0 Å². The Hall–Kier alpha value is -1.85. The van der Waals surface area contributed by atoms with Crippen LogP contribution in [0.4, 0.5) is 0 Å². The fourth-order valence-electron chi connectivity index (χ4n) is 2.93. The molecule has 3 fully saturated rings. The lowest BCUT2D eigenvalue weighted by Gasteiger charge is -2.34. The predicted molar refractivity (Wildman–Crippen MR) is 75.8 cm³/mol. The van der Waals surface area contributed by atoms with Crippen molar-refractivity contribution in [2.45, 2.75) is 31.6 Å². The number of rotatable bonds is 3. The van der Waals surface area contributed by atoms with Gasteiger partial charge in [-0.05, 0) is 31.7 Å².